The Bertz CT molecular complexity index is 564. The van der Waals surface area contributed by atoms with Gasteiger partial charge in [0.2, 0.25) is 0 Å². The van der Waals surface area contributed by atoms with Crippen molar-refractivity contribution in [3.8, 4) is 11.5 Å². The van der Waals surface area contributed by atoms with Crippen LogP contribution in [0.5, 0.6) is 11.5 Å². The molecule has 5 heteroatoms. The molecule has 0 spiro atoms. The fraction of sp³-hybridized carbons (Fsp3) is 0.154. The summed E-state index contributed by atoms with van der Waals surface area (Å²) in [5, 5.41) is 1.83. The number of ether oxygens (including phenoxy) is 2. The molecule has 2 rings (SSSR count). The quantitative estimate of drug-likeness (QED) is 0.630. The molecule has 3 nitrogen and oxygen atoms in total. The lowest BCUT2D eigenvalue weighted by molar-refractivity contribution is 0.0734. The molecule has 0 saturated heterocycles. The fourth-order valence-corrected chi connectivity index (χ4v) is 2.54. The summed E-state index contributed by atoms with van der Waals surface area (Å²) in [6, 6.07) is 7.13. The first kappa shape index (κ1) is 13.1. The highest BCUT2D eigenvalue weighted by Gasteiger charge is 2.16. The van der Waals surface area contributed by atoms with Crippen LogP contribution in [-0.2, 0) is 0 Å². The Morgan fingerprint density at radius 1 is 1.33 bits per heavy atom. The van der Waals surface area contributed by atoms with E-state index in [4.69, 9.17) is 9.47 Å². The zero-order valence-corrected chi connectivity index (χ0v) is 12.3. The van der Waals surface area contributed by atoms with Gasteiger partial charge in [0.15, 0.2) is 11.5 Å². The van der Waals surface area contributed by atoms with Gasteiger partial charge in [0.05, 0.1) is 11.6 Å². The summed E-state index contributed by atoms with van der Waals surface area (Å²) in [7, 11) is 1.54. The van der Waals surface area contributed by atoms with Gasteiger partial charge in [0, 0.05) is 0 Å². The average molecular weight is 327 g/mol. The minimum atomic E-state index is -0.376. The van der Waals surface area contributed by atoms with Crippen LogP contribution in [0.2, 0.25) is 0 Å². The highest BCUT2D eigenvalue weighted by atomic mass is 79.9. The van der Waals surface area contributed by atoms with Gasteiger partial charge in [0.1, 0.15) is 4.88 Å². The van der Waals surface area contributed by atoms with Crippen LogP contribution in [0, 0.1) is 6.92 Å². The average Bonchev–Trinajstić information content (AvgIpc) is 2.88. The molecule has 0 aliphatic carbocycles. The first-order valence-corrected chi connectivity index (χ1v) is 6.89. The van der Waals surface area contributed by atoms with Crippen molar-refractivity contribution in [1.82, 2.24) is 0 Å². The third-order valence-corrected chi connectivity index (χ3v) is 4.22. The Labute approximate surface area is 117 Å². The first-order valence-electron chi connectivity index (χ1n) is 5.22. The number of rotatable bonds is 3. The van der Waals surface area contributed by atoms with Gasteiger partial charge in [-0.25, -0.2) is 4.79 Å². The summed E-state index contributed by atoms with van der Waals surface area (Å²) in [6.07, 6.45) is 0. The SMILES string of the molecule is COc1c(OC(=O)c2cccs2)ccc(C)c1Br. The van der Waals surface area contributed by atoms with Crippen LogP contribution in [0.3, 0.4) is 0 Å². The summed E-state index contributed by atoms with van der Waals surface area (Å²) in [4.78, 5) is 12.4. The lowest BCUT2D eigenvalue weighted by atomic mass is 10.2. The van der Waals surface area contributed by atoms with Gasteiger partial charge in [-0.15, -0.1) is 11.3 Å². The maximum absolute atomic E-state index is 11.9. The number of aryl methyl sites for hydroxylation is 1. The van der Waals surface area contributed by atoms with E-state index < -0.39 is 0 Å². The van der Waals surface area contributed by atoms with E-state index in [0.717, 1.165) is 10.0 Å². The number of methoxy groups -OCH3 is 1. The molecule has 0 amide bonds. The van der Waals surface area contributed by atoms with Crippen molar-refractivity contribution in [3.05, 3.63) is 44.6 Å². The van der Waals surface area contributed by atoms with Gasteiger partial charge >= 0.3 is 5.97 Å². The first-order chi connectivity index (χ1) is 8.63. The molecular weight excluding hydrogens is 316 g/mol. The maximum atomic E-state index is 11.9. The molecule has 0 saturated carbocycles. The minimum Gasteiger partial charge on any atom is -0.492 e. The second-order valence-electron chi connectivity index (χ2n) is 3.59. The van der Waals surface area contributed by atoms with Crippen molar-refractivity contribution in [2.45, 2.75) is 6.92 Å². The standard InChI is InChI=1S/C13H11BrO3S/c1-8-5-6-9(12(16-2)11(8)14)17-13(15)10-4-3-7-18-10/h3-7H,1-2H3. The Morgan fingerprint density at radius 3 is 2.72 bits per heavy atom. The predicted molar refractivity (Wildman–Crippen MR) is 74.7 cm³/mol. The molecule has 0 radical (unpaired) electrons. The summed E-state index contributed by atoms with van der Waals surface area (Å²) in [6.45, 7) is 1.94. The molecule has 1 heterocycles. The van der Waals surface area contributed by atoms with Gasteiger partial charge < -0.3 is 9.47 Å². The summed E-state index contributed by atoms with van der Waals surface area (Å²) in [5.74, 6) is 0.562. The van der Waals surface area contributed by atoms with Gasteiger partial charge in [0.25, 0.3) is 0 Å². The molecule has 1 aromatic heterocycles. The molecule has 0 N–H and O–H groups in total. The number of carbonyl (C=O) groups excluding carboxylic acids is 1. The van der Waals surface area contributed by atoms with E-state index in [-0.39, 0.29) is 5.97 Å². The lowest BCUT2D eigenvalue weighted by Gasteiger charge is -2.11. The lowest BCUT2D eigenvalue weighted by Crippen LogP contribution is -2.07. The zero-order chi connectivity index (χ0) is 13.1. The second-order valence-corrected chi connectivity index (χ2v) is 5.34. The van der Waals surface area contributed by atoms with Crippen molar-refractivity contribution < 1.29 is 14.3 Å². The number of thiophene rings is 1. The molecule has 0 aliphatic rings. The van der Waals surface area contributed by atoms with Gasteiger partial charge in [-0.1, -0.05) is 12.1 Å². The Kier molecular flexibility index (Phi) is 4.04. The van der Waals surface area contributed by atoms with Crippen LogP contribution >= 0.6 is 27.3 Å². The van der Waals surface area contributed by atoms with Crippen LogP contribution in [0.4, 0.5) is 0 Å². The van der Waals surface area contributed by atoms with Gasteiger partial charge in [-0.2, -0.15) is 0 Å². The number of carbonyl (C=O) groups is 1. The number of benzene rings is 1. The summed E-state index contributed by atoms with van der Waals surface area (Å²) < 4.78 is 11.4. The smallest absolute Gasteiger partial charge is 0.353 e. The molecule has 0 unspecified atom stereocenters. The zero-order valence-electron chi connectivity index (χ0n) is 9.90. The van der Waals surface area contributed by atoms with Gasteiger partial charge in [-0.3, -0.25) is 0 Å². The number of halogens is 1. The van der Waals surface area contributed by atoms with Gasteiger partial charge in [-0.05, 0) is 45.9 Å². The van der Waals surface area contributed by atoms with E-state index in [1.807, 2.05) is 24.4 Å². The highest BCUT2D eigenvalue weighted by Crippen LogP contribution is 2.37. The van der Waals surface area contributed by atoms with E-state index in [9.17, 15) is 4.79 Å². The van der Waals surface area contributed by atoms with Crippen LogP contribution in [0.1, 0.15) is 15.2 Å². The number of esters is 1. The third kappa shape index (κ3) is 2.57. The van der Waals surface area contributed by atoms with E-state index in [1.54, 1.807) is 19.2 Å². The second kappa shape index (κ2) is 5.54. The van der Waals surface area contributed by atoms with E-state index in [0.29, 0.717) is 16.4 Å². The van der Waals surface area contributed by atoms with E-state index in [2.05, 4.69) is 15.9 Å². The van der Waals surface area contributed by atoms with Crippen molar-refractivity contribution in [2.24, 2.45) is 0 Å². The predicted octanol–water partition coefficient (Wildman–Crippen LogP) is 4.05. The molecule has 0 fully saturated rings. The van der Waals surface area contributed by atoms with Crippen molar-refractivity contribution in [1.29, 1.82) is 0 Å². The summed E-state index contributed by atoms with van der Waals surface area (Å²) >= 11 is 4.76. The molecule has 0 bridgehead atoms. The van der Waals surface area contributed by atoms with Crippen molar-refractivity contribution >= 4 is 33.2 Å². The Balaban J connectivity index is 2.30. The molecule has 94 valence electrons. The number of hydrogen-bond donors (Lipinski definition) is 0. The van der Waals surface area contributed by atoms with Crippen LogP contribution in [-0.4, -0.2) is 13.1 Å². The van der Waals surface area contributed by atoms with Crippen molar-refractivity contribution in [3.63, 3.8) is 0 Å². The maximum Gasteiger partial charge on any atom is 0.353 e. The molecule has 1 aromatic carbocycles. The topological polar surface area (TPSA) is 35.5 Å². The number of hydrogen-bond acceptors (Lipinski definition) is 4. The van der Waals surface area contributed by atoms with E-state index >= 15 is 0 Å². The van der Waals surface area contributed by atoms with Crippen LogP contribution < -0.4 is 9.47 Å². The fourth-order valence-electron chi connectivity index (χ4n) is 1.45. The summed E-state index contributed by atoms with van der Waals surface area (Å²) in [5.41, 5.74) is 1.02. The third-order valence-electron chi connectivity index (χ3n) is 2.38. The molecule has 2 aromatic rings. The normalized spacial score (nSPS) is 10.2. The van der Waals surface area contributed by atoms with Crippen molar-refractivity contribution in [2.75, 3.05) is 7.11 Å². The molecule has 0 aliphatic heterocycles. The monoisotopic (exact) mass is 326 g/mol. The Morgan fingerprint density at radius 2 is 2.11 bits per heavy atom. The molecule has 18 heavy (non-hydrogen) atoms. The van der Waals surface area contributed by atoms with Crippen LogP contribution in [0.25, 0.3) is 0 Å². The molecular formula is C13H11BrO3S. The minimum absolute atomic E-state index is 0.376. The Hall–Kier alpha value is -1.33. The van der Waals surface area contributed by atoms with E-state index in [1.165, 1.54) is 11.3 Å². The largest absolute Gasteiger partial charge is 0.492 e. The molecule has 0 atom stereocenters. The van der Waals surface area contributed by atoms with Crippen LogP contribution in [0.15, 0.2) is 34.1 Å². The highest BCUT2D eigenvalue weighted by molar-refractivity contribution is 9.10.